The minimum absolute atomic E-state index is 0.167. The third kappa shape index (κ3) is 5.72. The summed E-state index contributed by atoms with van der Waals surface area (Å²) in [6.45, 7) is 6.52. The van der Waals surface area contributed by atoms with Crippen molar-refractivity contribution in [3.05, 3.63) is 53.4 Å². The number of hydrogen-bond acceptors (Lipinski definition) is 5. The van der Waals surface area contributed by atoms with Gasteiger partial charge in [0.25, 0.3) is 5.56 Å². The SMILES string of the molecule is CCOC(=O)/C=c1\s/c(=C\c2cccc(Cl)c2Cl)c(=O)n1CC(=O)N(CC)CC. The summed E-state index contributed by atoms with van der Waals surface area (Å²) in [5.74, 6) is -0.786. The van der Waals surface area contributed by atoms with Crippen LogP contribution in [0.1, 0.15) is 26.3 Å². The van der Waals surface area contributed by atoms with E-state index >= 15 is 0 Å². The number of amides is 1. The summed E-state index contributed by atoms with van der Waals surface area (Å²) >= 11 is 13.4. The van der Waals surface area contributed by atoms with Crippen molar-refractivity contribution in [2.45, 2.75) is 27.3 Å². The van der Waals surface area contributed by atoms with Gasteiger partial charge in [0, 0.05) is 13.1 Å². The third-order valence-corrected chi connectivity index (χ3v) is 6.04. The number of nitrogens with zero attached hydrogens (tertiary/aromatic N) is 2. The standard InChI is InChI=1S/C20H22Cl2N2O4S/c1-4-23(5-2)16(25)12-24-17(11-18(26)28-6-3)29-15(20(24)27)10-13-8-7-9-14(21)19(13)22/h7-11H,4-6,12H2,1-3H3/b15-10-,17-11-. The Morgan fingerprint density at radius 3 is 2.52 bits per heavy atom. The third-order valence-electron chi connectivity index (χ3n) is 4.14. The van der Waals surface area contributed by atoms with Crippen molar-refractivity contribution in [1.82, 2.24) is 9.47 Å². The van der Waals surface area contributed by atoms with Crippen LogP contribution >= 0.6 is 34.5 Å². The van der Waals surface area contributed by atoms with Gasteiger partial charge in [0.15, 0.2) is 0 Å². The molecule has 0 radical (unpaired) electrons. The Hall–Kier alpha value is -2.09. The fraction of sp³-hybridized carbons (Fsp3) is 0.350. The summed E-state index contributed by atoms with van der Waals surface area (Å²) < 4.78 is 6.90. The number of carbonyl (C=O) groups excluding carboxylic acids is 2. The second kappa shape index (κ2) is 10.6. The van der Waals surface area contributed by atoms with Gasteiger partial charge >= 0.3 is 5.97 Å². The predicted octanol–water partition coefficient (Wildman–Crippen LogP) is 2.26. The molecule has 0 atom stereocenters. The van der Waals surface area contributed by atoms with Gasteiger partial charge in [-0.1, -0.05) is 35.3 Å². The first kappa shape index (κ1) is 23.2. The fourth-order valence-corrected chi connectivity index (χ4v) is 4.05. The van der Waals surface area contributed by atoms with Crippen molar-refractivity contribution in [2.75, 3.05) is 19.7 Å². The van der Waals surface area contributed by atoms with Crippen LogP contribution in [-0.2, 0) is 20.9 Å². The van der Waals surface area contributed by atoms with Crippen LogP contribution in [0.3, 0.4) is 0 Å². The number of halogens is 2. The van der Waals surface area contributed by atoms with E-state index in [0.29, 0.717) is 37.9 Å². The second-order valence-corrected chi connectivity index (χ2v) is 7.79. The highest BCUT2D eigenvalue weighted by molar-refractivity contribution is 7.07. The van der Waals surface area contributed by atoms with Crippen molar-refractivity contribution in [3.8, 4) is 0 Å². The quantitative estimate of drug-likeness (QED) is 0.599. The molecule has 0 aliphatic rings. The highest BCUT2D eigenvalue weighted by atomic mass is 35.5. The van der Waals surface area contributed by atoms with E-state index in [4.69, 9.17) is 27.9 Å². The summed E-state index contributed by atoms with van der Waals surface area (Å²) in [4.78, 5) is 39.1. The molecule has 6 nitrogen and oxygen atoms in total. The molecular weight excluding hydrogens is 435 g/mol. The number of aromatic nitrogens is 1. The Balaban J connectivity index is 2.64. The van der Waals surface area contributed by atoms with Crippen LogP contribution in [0.25, 0.3) is 12.2 Å². The molecule has 29 heavy (non-hydrogen) atoms. The van der Waals surface area contributed by atoms with Gasteiger partial charge in [-0.05, 0) is 38.5 Å². The first-order chi connectivity index (χ1) is 13.8. The lowest BCUT2D eigenvalue weighted by atomic mass is 10.2. The summed E-state index contributed by atoms with van der Waals surface area (Å²) in [7, 11) is 0. The van der Waals surface area contributed by atoms with Crippen molar-refractivity contribution >= 4 is 58.6 Å². The molecule has 0 saturated carbocycles. The van der Waals surface area contributed by atoms with E-state index in [0.717, 1.165) is 11.3 Å². The molecule has 1 aromatic carbocycles. The summed E-state index contributed by atoms with van der Waals surface area (Å²) in [6.07, 6.45) is 2.82. The van der Waals surface area contributed by atoms with Crippen LogP contribution in [0.2, 0.25) is 10.0 Å². The molecular formula is C20H22Cl2N2O4S. The molecule has 0 aliphatic heterocycles. The molecule has 156 valence electrons. The van der Waals surface area contributed by atoms with E-state index in [1.165, 1.54) is 10.6 Å². The van der Waals surface area contributed by atoms with Crippen LogP contribution in [0.15, 0.2) is 23.0 Å². The first-order valence-corrected chi connectivity index (χ1v) is 10.7. The molecule has 1 aromatic heterocycles. The minimum atomic E-state index is -0.579. The van der Waals surface area contributed by atoms with E-state index in [2.05, 4.69) is 0 Å². The van der Waals surface area contributed by atoms with Gasteiger partial charge in [0.2, 0.25) is 5.91 Å². The lowest BCUT2D eigenvalue weighted by Gasteiger charge is -2.18. The maximum Gasteiger partial charge on any atom is 0.333 e. The number of likely N-dealkylation sites (N-methyl/N-ethyl adjacent to an activating group) is 1. The first-order valence-electron chi connectivity index (χ1n) is 9.13. The minimum Gasteiger partial charge on any atom is -0.463 e. The molecule has 0 bridgehead atoms. The zero-order valence-electron chi connectivity index (χ0n) is 16.4. The van der Waals surface area contributed by atoms with Crippen LogP contribution in [-0.4, -0.2) is 41.0 Å². The van der Waals surface area contributed by atoms with Gasteiger partial charge in [-0.25, -0.2) is 4.79 Å². The van der Waals surface area contributed by atoms with Crippen molar-refractivity contribution in [2.24, 2.45) is 0 Å². The number of benzene rings is 1. The number of rotatable bonds is 7. The van der Waals surface area contributed by atoms with Gasteiger partial charge in [-0.15, -0.1) is 11.3 Å². The summed E-state index contributed by atoms with van der Waals surface area (Å²) in [6, 6.07) is 5.10. The summed E-state index contributed by atoms with van der Waals surface area (Å²) in [5, 5.41) is 0.691. The Kier molecular flexibility index (Phi) is 8.49. The topological polar surface area (TPSA) is 68.6 Å². The van der Waals surface area contributed by atoms with E-state index in [9.17, 15) is 14.4 Å². The largest absolute Gasteiger partial charge is 0.463 e. The molecule has 0 spiro atoms. The van der Waals surface area contributed by atoms with E-state index in [1.807, 2.05) is 13.8 Å². The fourth-order valence-electron chi connectivity index (χ4n) is 2.66. The van der Waals surface area contributed by atoms with Crippen molar-refractivity contribution < 1.29 is 14.3 Å². The molecule has 0 aliphatic carbocycles. The Morgan fingerprint density at radius 2 is 1.90 bits per heavy atom. The number of hydrogen-bond donors (Lipinski definition) is 0. The van der Waals surface area contributed by atoms with Crippen LogP contribution < -0.4 is 14.8 Å². The average Bonchev–Trinajstić information content (AvgIpc) is 2.95. The molecule has 0 saturated heterocycles. The molecule has 2 rings (SSSR count). The van der Waals surface area contributed by atoms with Crippen molar-refractivity contribution in [1.29, 1.82) is 0 Å². The zero-order chi connectivity index (χ0) is 21.6. The number of ether oxygens (including phenoxy) is 1. The Morgan fingerprint density at radius 1 is 1.21 bits per heavy atom. The molecule has 0 N–H and O–H groups in total. The second-order valence-electron chi connectivity index (χ2n) is 5.95. The smallest absolute Gasteiger partial charge is 0.333 e. The Bertz CT molecular complexity index is 1070. The predicted molar refractivity (Wildman–Crippen MR) is 117 cm³/mol. The van der Waals surface area contributed by atoms with Gasteiger partial charge in [-0.2, -0.15) is 0 Å². The van der Waals surface area contributed by atoms with Crippen LogP contribution in [0.5, 0.6) is 0 Å². The highest BCUT2D eigenvalue weighted by Crippen LogP contribution is 2.25. The molecule has 0 unspecified atom stereocenters. The molecule has 2 aromatic rings. The van der Waals surface area contributed by atoms with Gasteiger partial charge in [-0.3, -0.25) is 14.2 Å². The van der Waals surface area contributed by atoms with Gasteiger partial charge in [0.05, 0.1) is 27.3 Å². The maximum absolute atomic E-state index is 13.0. The van der Waals surface area contributed by atoms with Gasteiger partial charge < -0.3 is 9.64 Å². The lowest BCUT2D eigenvalue weighted by molar-refractivity contribution is -0.135. The van der Waals surface area contributed by atoms with Crippen LogP contribution in [0, 0.1) is 0 Å². The maximum atomic E-state index is 13.0. The highest BCUT2D eigenvalue weighted by Gasteiger charge is 2.15. The lowest BCUT2D eigenvalue weighted by Crippen LogP contribution is -2.40. The number of esters is 1. The van der Waals surface area contributed by atoms with E-state index < -0.39 is 5.97 Å². The zero-order valence-corrected chi connectivity index (χ0v) is 18.7. The normalized spacial score (nSPS) is 12.3. The monoisotopic (exact) mass is 456 g/mol. The molecule has 0 fully saturated rings. The van der Waals surface area contributed by atoms with Crippen LogP contribution in [0.4, 0.5) is 0 Å². The van der Waals surface area contributed by atoms with Gasteiger partial charge in [0.1, 0.15) is 11.2 Å². The van der Waals surface area contributed by atoms with E-state index in [1.54, 1.807) is 36.1 Å². The molecule has 1 heterocycles. The average molecular weight is 457 g/mol. The summed E-state index contributed by atoms with van der Waals surface area (Å²) in [5.41, 5.74) is 0.185. The van der Waals surface area contributed by atoms with E-state index in [-0.39, 0.29) is 24.6 Å². The Labute approximate surface area is 182 Å². The number of thiazole rings is 1. The molecule has 1 amide bonds. The molecule has 9 heteroatoms. The number of carbonyl (C=O) groups is 2. The van der Waals surface area contributed by atoms with Crippen molar-refractivity contribution in [3.63, 3.8) is 0 Å².